The number of ether oxygens (including phenoxy) is 2. The number of carbonyl (C=O) groups is 2. The normalized spacial score (nSPS) is 24.9. The van der Waals surface area contributed by atoms with E-state index in [4.69, 9.17) is 9.47 Å². The zero-order valence-electron chi connectivity index (χ0n) is 20.9. The minimum Gasteiger partial charge on any atom is -0.496 e. The summed E-state index contributed by atoms with van der Waals surface area (Å²) in [6.07, 6.45) is 5.10. The average molecular weight is 472 g/mol. The van der Waals surface area contributed by atoms with E-state index in [-0.39, 0.29) is 23.8 Å². The second-order valence-corrected chi connectivity index (χ2v) is 9.95. The molecule has 2 unspecified atom stereocenters. The first-order valence-corrected chi connectivity index (χ1v) is 13.1. The third-order valence-corrected chi connectivity index (χ3v) is 7.78. The molecule has 34 heavy (non-hydrogen) atoms. The van der Waals surface area contributed by atoms with Gasteiger partial charge in [0, 0.05) is 51.3 Å². The van der Waals surface area contributed by atoms with Crippen LogP contribution >= 0.6 is 0 Å². The third-order valence-electron chi connectivity index (χ3n) is 7.78. The highest BCUT2D eigenvalue weighted by atomic mass is 16.5. The molecular formula is C27H41N3O4. The SMILES string of the molecule is CCCCN1C(=O)CCC(C(=O)N2CCC(CN3CCOCC3)CC2)C1c1ccccc1OC. The molecule has 1 aromatic carbocycles. The molecule has 3 fully saturated rings. The van der Waals surface area contributed by atoms with Crippen LogP contribution in [0.3, 0.4) is 0 Å². The molecule has 2 amide bonds. The van der Waals surface area contributed by atoms with Crippen LogP contribution in [0.25, 0.3) is 0 Å². The van der Waals surface area contributed by atoms with Gasteiger partial charge in [0.15, 0.2) is 0 Å². The van der Waals surface area contributed by atoms with Gasteiger partial charge in [-0.1, -0.05) is 31.5 Å². The molecule has 2 atom stereocenters. The molecule has 0 bridgehead atoms. The van der Waals surface area contributed by atoms with Crippen molar-refractivity contribution in [2.45, 2.75) is 51.5 Å². The lowest BCUT2D eigenvalue weighted by Crippen LogP contribution is -2.51. The smallest absolute Gasteiger partial charge is 0.228 e. The van der Waals surface area contributed by atoms with Crippen LogP contribution in [-0.2, 0) is 14.3 Å². The summed E-state index contributed by atoms with van der Waals surface area (Å²) in [4.78, 5) is 33.4. The highest BCUT2D eigenvalue weighted by molar-refractivity contribution is 5.85. The van der Waals surface area contributed by atoms with Gasteiger partial charge in [0.2, 0.25) is 11.8 Å². The molecule has 3 aliphatic heterocycles. The number of methoxy groups -OCH3 is 1. The maximum atomic E-state index is 13.9. The van der Waals surface area contributed by atoms with Gasteiger partial charge < -0.3 is 19.3 Å². The van der Waals surface area contributed by atoms with E-state index in [1.165, 1.54) is 0 Å². The minimum atomic E-state index is -0.262. The predicted molar refractivity (Wildman–Crippen MR) is 132 cm³/mol. The van der Waals surface area contributed by atoms with Crippen LogP contribution in [0.2, 0.25) is 0 Å². The van der Waals surface area contributed by atoms with E-state index in [2.05, 4.69) is 16.7 Å². The van der Waals surface area contributed by atoms with Gasteiger partial charge in [-0.05, 0) is 37.7 Å². The van der Waals surface area contributed by atoms with E-state index in [0.717, 1.165) is 82.9 Å². The fourth-order valence-corrected chi connectivity index (χ4v) is 5.82. The summed E-state index contributed by atoms with van der Waals surface area (Å²) in [5.41, 5.74) is 0.953. The van der Waals surface area contributed by atoms with E-state index in [1.54, 1.807) is 7.11 Å². The van der Waals surface area contributed by atoms with Gasteiger partial charge in [0.1, 0.15) is 5.75 Å². The monoisotopic (exact) mass is 471 g/mol. The number of nitrogens with zero attached hydrogens (tertiary/aromatic N) is 3. The minimum absolute atomic E-state index is 0.151. The number of likely N-dealkylation sites (tertiary alicyclic amines) is 2. The number of rotatable bonds is 8. The maximum Gasteiger partial charge on any atom is 0.228 e. The molecular weight excluding hydrogens is 430 g/mol. The molecule has 7 heteroatoms. The van der Waals surface area contributed by atoms with Crippen molar-refractivity contribution in [2.24, 2.45) is 11.8 Å². The molecule has 0 spiro atoms. The fraction of sp³-hybridized carbons (Fsp3) is 0.704. The zero-order chi connectivity index (χ0) is 23.9. The predicted octanol–water partition coefficient (Wildman–Crippen LogP) is 3.35. The van der Waals surface area contributed by atoms with Crippen molar-refractivity contribution >= 4 is 11.8 Å². The van der Waals surface area contributed by atoms with E-state index in [0.29, 0.717) is 25.3 Å². The zero-order valence-corrected chi connectivity index (χ0v) is 20.9. The molecule has 3 heterocycles. The van der Waals surface area contributed by atoms with Gasteiger partial charge >= 0.3 is 0 Å². The maximum absolute atomic E-state index is 13.9. The number of amides is 2. The molecule has 1 aromatic rings. The quantitative estimate of drug-likeness (QED) is 0.582. The number of morpholine rings is 1. The van der Waals surface area contributed by atoms with Crippen LogP contribution in [-0.4, -0.2) is 86.1 Å². The molecule has 0 aromatic heterocycles. The summed E-state index contributed by atoms with van der Waals surface area (Å²) in [7, 11) is 1.66. The molecule has 0 saturated carbocycles. The number of piperidine rings is 2. The lowest BCUT2D eigenvalue weighted by molar-refractivity contribution is -0.149. The Morgan fingerprint density at radius 2 is 1.82 bits per heavy atom. The Balaban J connectivity index is 1.48. The van der Waals surface area contributed by atoms with Crippen molar-refractivity contribution in [1.82, 2.24) is 14.7 Å². The summed E-state index contributed by atoms with van der Waals surface area (Å²) in [5, 5.41) is 0. The molecule has 188 valence electrons. The fourth-order valence-electron chi connectivity index (χ4n) is 5.82. The topological polar surface area (TPSA) is 62.3 Å². The summed E-state index contributed by atoms with van der Waals surface area (Å²) in [5.74, 6) is 1.53. The number of hydrogen-bond donors (Lipinski definition) is 0. The largest absolute Gasteiger partial charge is 0.496 e. The Kier molecular flexibility index (Phi) is 8.84. The lowest BCUT2D eigenvalue weighted by Gasteiger charge is -2.44. The van der Waals surface area contributed by atoms with Crippen LogP contribution in [0.1, 0.15) is 57.1 Å². The molecule has 0 N–H and O–H groups in total. The number of para-hydroxylation sites is 1. The second kappa shape index (κ2) is 12.0. The number of carbonyl (C=O) groups excluding carboxylic acids is 2. The van der Waals surface area contributed by atoms with Crippen LogP contribution in [0, 0.1) is 11.8 Å². The summed E-state index contributed by atoms with van der Waals surface area (Å²) >= 11 is 0. The highest BCUT2D eigenvalue weighted by Gasteiger charge is 2.43. The van der Waals surface area contributed by atoms with E-state index in [9.17, 15) is 9.59 Å². The Morgan fingerprint density at radius 3 is 2.53 bits per heavy atom. The molecule has 0 radical (unpaired) electrons. The van der Waals surface area contributed by atoms with Crippen molar-refractivity contribution in [2.75, 3.05) is 59.6 Å². The molecule has 3 aliphatic rings. The third kappa shape index (κ3) is 5.74. The van der Waals surface area contributed by atoms with Crippen molar-refractivity contribution in [3.8, 4) is 5.75 Å². The Bertz CT molecular complexity index is 818. The first kappa shape index (κ1) is 25.0. The van der Waals surface area contributed by atoms with Crippen LogP contribution in [0.5, 0.6) is 5.75 Å². The van der Waals surface area contributed by atoms with Gasteiger partial charge in [-0.15, -0.1) is 0 Å². The van der Waals surface area contributed by atoms with Gasteiger partial charge in [-0.25, -0.2) is 0 Å². The van der Waals surface area contributed by atoms with E-state index < -0.39 is 0 Å². The molecule has 3 saturated heterocycles. The van der Waals surface area contributed by atoms with Crippen molar-refractivity contribution in [3.63, 3.8) is 0 Å². The number of unbranched alkanes of at least 4 members (excludes halogenated alkanes) is 1. The van der Waals surface area contributed by atoms with Crippen LogP contribution < -0.4 is 4.74 Å². The summed E-state index contributed by atoms with van der Waals surface area (Å²) in [6.45, 7) is 9.25. The van der Waals surface area contributed by atoms with E-state index in [1.807, 2.05) is 29.2 Å². The van der Waals surface area contributed by atoms with Gasteiger partial charge in [0.25, 0.3) is 0 Å². The summed E-state index contributed by atoms with van der Waals surface area (Å²) < 4.78 is 11.1. The number of benzene rings is 1. The Labute approximate surface area is 204 Å². The van der Waals surface area contributed by atoms with Gasteiger partial charge in [-0.3, -0.25) is 14.5 Å². The summed E-state index contributed by atoms with van der Waals surface area (Å²) in [6, 6.07) is 7.62. The van der Waals surface area contributed by atoms with Crippen LogP contribution in [0.15, 0.2) is 24.3 Å². The van der Waals surface area contributed by atoms with Crippen molar-refractivity contribution in [1.29, 1.82) is 0 Å². The van der Waals surface area contributed by atoms with Crippen molar-refractivity contribution in [3.05, 3.63) is 29.8 Å². The van der Waals surface area contributed by atoms with Crippen molar-refractivity contribution < 1.29 is 19.1 Å². The number of hydrogen-bond acceptors (Lipinski definition) is 5. The lowest BCUT2D eigenvalue weighted by atomic mass is 9.82. The molecule has 4 rings (SSSR count). The first-order chi connectivity index (χ1) is 16.6. The second-order valence-electron chi connectivity index (χ2n) is 9.95. The molecule has 7 nitrogen and oxygen atoms in total. The van der Waals surface area contributed by atoms with E-state index >= 15 is 0 Å². The standard InChI is InChI=1S/C27H41N3O4/c1-3-4-13-30-25(31)10-9-23(26(30)22-7-5-6-8-24(22)33-2)27(32)29-14-11-21(12-15-29)20-28-16-18-34-19-17-28/h5-8,21,23,26H,3-4,9-20H2,1-2H3. The van der Waals surface area contributed by atoms with Gasteiger partial charge in [0.05, 0.1) is 32.3 Å². The van der Waals surface area contributed by atoms with Gasteiger partial charge in [-0.2, -0.15) is 0 Å². The highest BCUT2D eigenvalue weighted by Crippen LogP contribution is 2.42. The van der Waals surface area contributed by atoms with Crippen LogP contribution in [0.4, 0.5) is 0 Å². The average Bonchev–Trinajstić information content (AvgIpc) is 2.88. The Hall–Kier alpha value is -2.12. The molecule has 0 aliphatic carbocycles. The first-order valence-electron chi connectivity index (χ1n) is 13.1. The Morgan fingerprint density at radius 1 is 1.09 bits per heavy atom.